The van der Waals surface area contributed by atoms with Crippen molar-refractivity contribution in [2.75, 3.05) is 0 Å². The molecule has 1 N–H and O–H groups in total. The number of esters is 1. The van der Waals surface area contributed by atoms with Crippen LogP contribution in [0.2, 0.25) is 10.0 Å². The zero-order chi connectivity index (χ0) is 21.1. The maximum atomic E-state index is 12.8. The molecule has 0 bridgehead atoms. The van der Waals surface area contributed by atoms with Crippen molar-refractivity contribution >= 4 is 41.1 Å². The zero-order valence-corrected chi connectivity index (χ0v) is 17.6. The first-order chi connectivity index (χ1) is 13.8. The van der Waals surface area contributed by atoms with Gasteiger partial charge >= 0.3 is 5.97 Å². The molecular weight excluding hydrogens is 413 g/mol. The predicted molar refractivity (Wildman–Crippen MR) is 115 cm³/mol. The van der Waals surface area contributed by atoms with Gasteiger partial charge < -0.3 is 4.74 Å². The number of aryl methyl sites for hydroxylation is 1. The molecule has 0 amide bonds. The van der Waals surface area contributed by atoms with E-state index in [1.54, 1.807) is 57.2 Å². The first-order valence-electron chi connectivity index (χ1n) is 8.88. The third-order valence-corrected chi connectivity index (χ3v) is 4.64. The maximum absolute atomic E-state index is 12.8. The summed E-state index contributed by atoms with van der Waals surface area (Å²) in [4.78, 5) is 29.3. The fourth-order valence-electron chi connectivity index (χ4n) is 2.65. The van der Waals surface area contributed by atoms with Gasteiger partial charge in [0, 0.05) is 16.9 Å². The second-order valence-corrected chi connectivity index (χ2v) is 7.49. The summed E-state index contributed by atoms with van der Waals surface area (Å²) >= 11 is 12.0. The van der Waals surface area contributed by atoms with Gasteiger partial charge in [0.15, 0.2) is 0 Å². The van der Waals surface area contributed by atoms with Gasteiger partial charge in [0.05, 0.1) is 33.6 Å². The summed E-state index contributed by atoms with van der Waals surface area (Å²) in [5.74, 6) is -0.523. The highest BCUT2D eigenvalue weighted by atomic mass is 35.5. The number of rotatable bonds is 5. The van der Waals surface area contributed by atoms with Crippen LogP contribution in [0, 0.1) is 6.92 Å². The first kappa shape index (κ1) is 20.9. The molecule has 0 saturated carbocycles. The van der Waals surface area contributed by atoms with Gasteiger partial charge in [0.1, 0.15) is 0 Å². The van der Waals surface area contributed by atoms with Gasteiger partial charge in [0.25, 0.3) is 5.56 Å². The monoisotopic (exact) mass is 431 g/mol. The molecule has 0 spiro atoms. The highest BCUT2D eigenvalue weighted by Gasteiger charge is 2.15. The molecule has 29 heavy (non-hydrogen) atoms. The van der Waals surface area contributed by atoms with E-state index in [0.29, 0.717) is 27.7 Å². The molecule has 1 heterocycles. The number of halogens is 2. The van der Waals surface area contributed by atoms with Gasteiger partial charge in [-0.15, -0.1) is 0 Å². The van der Waals surface area contributed by atoms with Crippen LogP contribution in [0.3, 0.4) is 0 Å². The number of carbonyl (C=O) groups excluding carboxylic acids is 1. The van der Waals surface area contributed by atoms with E-state index in [0.717, 1.165) is 0 Å². The number of aromatic amines is 1. The Kier molecular flexibility index (Phi) is 6.25. The fraction of sp³-hybridized carbons (Fsp3) is 0.190. The number of ether oxygens (including phenoxy) is 1. The lowest BCUT2D eigenvalue weighted by Gasteiger charge is -2.09. The molecule has 0 saturated heterocycles. The Morgan fingerprint density at radius 1 is 1.17 bits per heavy atom. The quantitative estimate of drug-likeness (QED) is 0.450. The molecule has 0 aliphatic rings. The van der Waals surface area contributed by atoms with Crippen LogP contribution in [-0.2, 0) is 4.74 Å². The SMILES string of the molecule is Cc1[nH]n(-c2ccc(Cl)cc2)c(=O)c1C=Nc1ccc(Cl)c(C(=O)OC(C)C)c1. The Bertz CT molecular complexity index is 1130. The Hall–Kier alpha value is -2.83. The summed E-state index contributed by atoms with van der Waals surface area (Å²) in [5, 5.41) is 3.88. The van der Waals surface area contributed by atoms with Crippen LogP contribution in [0.4, 0.5) is 5.69 Å². The first-order valence-corrected chi connectivity index (χ1v) is 9.64. The minimum Gasteiger partial charge on any atom is -0.459 e. The molecule has 150 valence electrons. The van der Waals surface area contributed by atoms with E-state index in [9.17, 15) is 9.59 Å². The largest absolute Gasteiger partial charge is 0.459 e. The Morgan fingerprint density at radius 2 is 1.86 bits per heavy atom. The van der Waals surface area contributed by atoms with Crippen molar-refractivity contribution in [2.24, 2.45) is 4.99 Å². The summed E-state index contributed by atoms with van der Waals surface area (Å²) < 4.78 is 6.61. The van der Waals surface area contributed by atoms with Crippen LogP contribution < -0.4 is 5.56 Å². The average molecular weight is 432 g/mol. The molecular formula is C21H19Cl2N3O3. The van der Waals surface area contributed by atoms with Gasteiger partial charge in [-0.1, -0.05) is 23.2 Å². The standard InChI is InChI=1S/C21H19Cl2N3O3/c1-12(2)29-21(28)17-10-15(6-9-19(17)23)24-11-18-13(3)25-26(20(18)27)16-7-4-14(22)5-8-16/h4-12,25H,1-3H3. The molecule has 0 atom stereocenters. The number of benzene rings is 2. The third-order valence-electron chi connectivity index (χ3n) is 4.06. The molecule has 3 aromatic rings. The van der Waals surface area contributed by atoms with Gasteiger partial charge in [-0.05, 0) is 63.2 Å². The molecule has 0 aliphatic carbocycles. The maximum Gasteiger partial charge on any atom is 0.339 e. The molecule has 3 rings (SSSR count). The number of hydrogen-bond acceptors (Lipinski definition) is 4. The molecule has 0 aliphatic heterocycles. The number of aromatic nitrogens is 2. The van der Waals surface area contributed by atoms with Gasteiger partial charge in [-0.25, -0.2) is 9.48 Å². The summed E-state index contributed by atoms with van der Waals surface area (Å²) in [7, 11) is 0. The fourth-order valence-corrected chi connectivity index (χ4v) is 2.97. The number of carbonyl (C=O) groups is 1. The lowest BCUT2D eigenvalue weighted by Crippen LogP contribution is -2.17. The molecule has 2 aromatic carbocycles. The van der Waals surface area contributed by atoms with Crippen LogP contribution in [0.25, 0.3) is 5.69 Å². The number of aliphatic imine (C=N–C) groups is 1. The number of H-pyrrole nitrogens is 1. The van der Waals surface area contributed by atoms with Crippen LogP contribution in [0.1, 0.15) is 35.5 Å². The van der Waals surface area contributed by atoms with Crippen LogP contribution >= 0.6 is 23.2 Å². The van der Waals surface area contributed by atoms with E-state index in [-0.39, 0.29) is 22.2 Å². The molecule has 0 radical (unpaired) electrons. The lowest BCUT2D eigenvalue weighted by atomic mass is 10.2. The van der Waals surface area contributed by atoms with E-state index in [1.807, 2.05) is 0 Å². The van der Waals surface area contributed by atoms with Gasteiger partial charge in [0.2, 0.25) is 0 Å². The van der Waals surface area contributed by atoms with Crippen LogP contribution in [0.15, 0.2) is 52.3 Å². The van der Waals surface area contributed by atoms with Crippen molar-refractivity contribution in [1.29, 1.82) is 0 Å². The number of hydrogen-bond donors (Lipinski definition) is 1. The molecule has 6 nitrogen and oxygen atoms in total. The normalized spacial score (nSPS) is 11.4. The number of nitrogens with zero attached hydrogens (tertiary/aromatic N) is 2. The van der Waals surface area contributed by atoms with Crippen molar-refractivity contribution < 1.29 is 9.53 Å². The number of nitrogens with one attached hydrogen (secondary N) is 1. The molecule has 1 aromatic heterocycles. The van der Waals surface area contributed by atoms with Crippen molar-refractivity contribution in [3.63, 3.8) is 0 Å². The van der Waals surface area contributed by atoms with Crippen molar-refractivity contribution in [1.82, 2.24) is 9.78 Å². The van der Waals surface area contributed by atoms with Crippen molar-refractivity contribution in [3.8, 4) is 5.69 Å². The second-order valence-electron chi connectivity index (χ2n) is 6.64. The van der Waals surface area contributed by atoms with E-state index in [2.05, 4.69) is 10.1 Å². The summed E-state index contributed by atoms with van der Waals surface area (Å²) in [6.07, 6.45) is 1.20. The Morgan fingerprint density at radius 3 is 2.52 bits per heavy atom. The molecule has 8 heteroatoms. The van der Waals surface area contributed by atoms with E-state index < -0.39 is 5.97 Å². The third kappa shape index (κ3) is 4.78. The highest BCUT2D eigenvalue weighted by Crippen LogP contribution is 2.24. The Labute approximate surface area is 177 Å². The highest BCUT2D eigenvalue weighted by molar-refractivity contribution is 6.33. The Balaban J connectivity index is 1.92. The van der Waals surface area contributed by atoms with Crippen molar-refractivity contribution in [3.05, 3.63) is 79.7 Å². The van der Waals surface area contributed by atoms with Crippen molar-refractivity contribution in [2.45, 2.75) is 26.9 Å². The van der Waals surface area contributed by atoms with E-state index in [4.69, 9.17) is 27.9 Å². The summed E-state index contributed by atoms with van der Waals surface area (Å²) in [6, 6.07) is 11.7. The van der Waals surface area contributed by atoms with Gasteiger partial charge in [-0.3, -0.25) is 14.9 Å². The topological polar surface area (TPSA) is 76.5 Å². The van der Waals surface area contributed by atoms with Crippen LogP contribution in [0.5, 0.6) is 0 Å². The molecule has 0 unspecified atom stereocenters. The van der Waals surface area contributed by atoms with E-state index in [1.165, 1.54) is 17.0 Å². The smallest absolute Gasteiger partial charge is 0.339 e. The predicted octanol–water partition coefficient (Wildman–Crippen LogP) is 5.10. The van der Waals surface area contributed by atoms with Gasteiger partial charge in [-0.2, -0.15) is 0 Å². The average Bonchev–Trinajstić information content (AvgIpc) is 2.95. The minimum atomic E-state index is -0.523. The minimum absolute atomic E-state index is 0.222. The zero-order valence-electron chi connectivity index (χ0n) is 16.1. The summed E-state index contributed by atoms with van der Waals surface area (Å²) in [5.41, 5.74) is 2.17. The van der Waals surface area contributed by atoms with E-state index >= 15 is 0 Å². The second kappa shape index (κ2) is 8.68. The summed E-state index contributed by atoms with van der Waals surface area (Å²) in [6.45, 7) is 5.30. The lowest BCUT2D eigenvalue weighted by molar-refractivity contribution is 0.0378. The van der Waals surface area contributed by atoms with Crippen LogP contribution in [-0.4, -0.2) is 28.1 Å². The molecule has 0 fully saturated rings.